The molecule has 1 amide bonds. The number of carboxylic acids is 1. The molecule has 2 saturated carbocycles. The summed E-state index contributed by atoms with van der Waals surface area (Å²) < 4.78 is 32.2. The van der Waals surface area contributed by atoms with E-state index in [1.807, 2.05) is 20.8 Å². The van der Waals surface area contributed by atoms with Crippen LogP contribution in [0.15, 0.2) is 6.07 Å². The van der Waals surface area contributed by atoms with E-state index in [1.165, 1.54) is 6.92 Å². The number of carbonyl (C=O) groups excluding carboxylic acids is 1. The molecule has 1 N–H and O–H groups in total. The molecule has 0 radical (unpaired) electrons. The Hall–Kier alpha value is -1.89. The van der Waals surface area contributed by atoms with E-state index in [0.29, 0.717) is 49.5 Å². The predicted octanol–water partition coefficient (Wildman–Crippen LogP) is 6.05. The van der Waals surface area contributed by atoms with Crippen LogP contribution in [0.25, 0.3) is 0 Å². The number of ether oxygens (including phenoxy) is 1. The van der Waals surface area contributed by atoms with Gasteiger partial charge in [0.05, 0.1) is 26.6 Å². The molecule has 216 valence electrons. The third-order valence-electron chi connectivity index (χ3n) is 8.72. The average molecular weight is 578 g/mol. The molecule has 2 aliphatic carbocycles. The second-order valence-corrected chi connectivity index (χ2v) is 16.1. The summed E-state index contributed by atoms with van der Waals surface area (Å²) in [5.41, 5.74) is -0.309. The van der Waals surface area contributed by atoms with Crippen LogP contribution in [0.3, 0.4) is 0 Å². The number of hydrogen-bond donors (Lipinski definition) is 1. The molecule has 9 heteroatoms. The van der Waals surface area contributed by atoms with Crippen LogP contribution >= 0.6 is 11.3 Å². The minimum atomic E-state index is -3.23. The lowest BCUT2D eigenvalue weighted by atomic mass is 9.66. The van der Waals surface area contributed by atoms with Gasteiger partial charge in [0.1, 0.15) is 4.88 Å². The van der Waals surface area contributed by atoms with Crippen molar-refractivity contribution in [1.29, 1.82) is 0 Å². The van der Waals surface area contributed by atoms with Crippen molar-refractivity contribution in [2.24, 2.45) is 11.3 Å². The summed E-state index contributed by atoms with van der Waals surface area (Å²) >= 11 is 1.13. The number of hydrogen-bond acceptors (Lipinski definition) is 6. The molecule has 3 fully saturated rings. The summed E-state index contributed by atoms with van der Waals surface area (Å²) in [6.07, 6.45) is 8.38. The summed E-state index contributed by atoms with van der Waals surface area (Å²) in [6, 6.07) is 1.78. The number of anilines is 1. The van der Waals surface area contributed by atoms with Crippen LogP contribution in [0.4, 0.5) is 5.69 Å². The molecule has 0 unspecified atom stereocenters. The van der Waals surface area contributed by atoms with Crippen molar-refractivity contribution >= 4 is 38.7 Å². The van der Waals surface area contributed by atoms with E-state index < -0.39 is 21.3 Å². The largest absolute Gasteiger partial charge is 0.477 e. The highest BCUT2D eigenvalue weighted by molar-refractivity contribution is 7.92. The molecule has 1 aromatic heterocycles. The van der Waals surface area contributed by atoms with Crippen molar-refractivity contribution in [1.82, 2.24) is 0 Å². The van der Waals surface area contributed by atoms with Crippen LogP contribution in [-0.2, 0) is 19.4 Å². The quantitative estimate of drug-likeness (QED) is 0.413. The fourth-order valence-corrected chi connectivity index (χ4v) is 10.1. The van der Waals surface area contributed by atoms with Gasteiger partial charge in [-0.15, -0.1) is 11.3 Å². The highest BCUT2D eigenvalue weighted by Crippen LogP contribution is 2.50. The molecular formula is C30H43NO6S2. The van der Waals surface area contributed by atoms with E-state index in [0.717, 1.165) is 56.3 Å². The van der Waals surface area contributed by atoms with Gasteiger partial charge >= 0.3 is 5.97 Å². The molecule has 0 spiro atoms. The number of thiophene rings is 1. The molecule has 0 atom stereocenters. The van der Waals surface area contributed by atoms with Crippen LogP contribution in [-0.4, -0.2) is 54.7 Å². The minimum Gasteiger partial charge on any atom is -0.477 e. The molecule has 7 nitrogen and oxygen atoms in total. The summed E-state index contributed by atoms with van der Waals surface area (Å²) in [5.74, 6) is 5.22. The maximum atomic E-state index is 13.4. The number of sulfone groups is 1. The van der Waals surface area contributed by atoms with Gasteiger partial charge in [0.25, 0.3) is 0 Å². The van der Waals surface area contributed by atoms with E-state index >= 15 is 0 Å². The molecule has 2 heterocycles. The zero-order chi connectivity index (χ0) is 28.4. The first-order valence-electron chi connectivity index (χ1n) is 14.4. The third kappa shape index (κ3) is 6.55. The van der Waals surface area contributed by atoms with E-state index in [1.54, 1.807) is 11.0 Å². The van der Waals surface area contributed by atoms with Crippen molar-refractivity contribution < 1.29 is 27.9 Å². The molecule has 4 rings (SSSR count). The smallest absolute Gasteiger partial charge is 0.348 e. The molecule has 39 heavy (non-hydrogen) atoms. The van der Waals surface area contributed by atoms with Crippen LogP contribution in [0.1, 0.15) is 113 Å². The van der Waals surface area contributed by atoms with E-state index in [-0.39, 0.29) is 32.6 Å². The Kier molecular flexibility index (Phi) is 9.19. The van der Waals surface area contributed by atoms with Gasteiger partial charge in [0.2, 0.25) is 5.91 Å². The van der Waals surface area contributed by atoms with Crippen molar-refractivity contribution in [3.05, 3.63) is 15.8 Å². The second-order valence-electron chi connectivity index (χ2n) is 12.5. The van der Waals surface area contributed by atoms with Crippen LogP contribution in [0.2, 0.25) is 0 Å². The zero-order valence-electron chi connectivity index (χ0n) is 23.8. The van der Waals surface area contributed by atoms with E-state index in [9.17, 15) is 23.1 Å². The van der Waals surface area contributed by atoms with Gasteiger partial charge < -0.3 is 14.7 Å². The maximum Gasteiger partial charge on any atom is 0.348 e. The molecule has 1 saturated heterocycles. The van der Waals surface area contributed by atoms with Gasteiger partial charge in [-0.3, -0.25) is 4.79 Å². The predicted molar refractivity (Wildman–Crippen MR) is 155 cm³/mol. The lowest BCUT2D eigenvalue weighted by Crippen LogP contribution is -2.58. The van der Waals surface area contributed by atoms with Gasteiger partial charge in [0.15, 0.2) is 9.84 Å². The Morgan fingerprint density at radius 1 is 1.03 bits per heavy atom. The number of nitrogens with zero attached hydrogens (tertiary/aromatic N) is 1. The summed E-state index contributed by atoms with van der Waals surface area (Å²) in [5, 5.41) is 9.46. The number of carboxylic acid groups (broad SMARTS) is 1. The van der Waals surface area contributed by atoms with Crippen LogP contribution in [0.5, 0.6) is 0 Å². The zero-order valence-corrected chi connectivity index (χ0v) is 25.4. The lowest BCUT2D eigenvalue weighted by Gasteiger charge is -2.52. The standard InChI is InChI=1S/C30H43NO6S2/c1-21(32)31(26-20-23(12-17-29(2,3)4)38-27(26)28(33)34)30(15-6-5-7-16-30)22-8-10-24(11-9-22)39(35,36)25-13-18-37-19-14-25/h20,22,24-25H,5-11,13-16,18-19H2,1-4H3,(H,33,34). The van der Waals surface area contributed by atoms with Gasteiger partial charge in [0, 0.05) is 25.6 Å². The molecule has 0 aromatic carbocycles. The SMILES string of the molecule is CC(=O)N(c1cc(C#CC(C)(C)C)sc1C(=O)O)C1(C2CCC(S(=O)(=O)C3CCOCC3)CC2)CCCCC1. The lowest BCUT2D eigenvalue weighted by molar-refractivity contribution is -0.118. The van der Waals surface area contributed by atoms with Gasteiger partial charge in [-0.2, -0.15) is 0 Å². The highest BCUT2D eigenvalue weighted by Gasteiger charge is 2.50. The normalized spacial score (nSPS) is 24.4. The van der Waals surface area contributed by atoms with Crippen LogP contribution in [0, 0.1) is 23.2 Å². The van der Waals surface area contributed by atoms with Crippen molar-refractivity contribution in [2.75, 3.05) is 18.1 Å². The fourth-order valence-electron chi connectivity index (χ4n) is 6.92. The third-order valence-corrected chi connectivity index (χ3v) is 12.5. The average Bonchev–Trinajstić information content (AvgIpc) is 3.32. The van der Waals surface area contributed by atoms with E-state index in [2.05, 4.69) is 11.8 Å². The topological polar surface area (TPSA) is 101 Å². The van der Waals surface area contributed by atoms with Crippen molar-refractivity contribution in [3.8, 4) is 11.8 Å². The second kappa shape index (κ2) is 11.9. The Bertz CT molecular complexity index is 1210. The molecular weight excluding hydrogens is 534 g/mol. The van der Waals surface area contributed by atoms with E-state index in [4.69, 9.17) is 4.74 Å². The first kappa shape index (κ1) is 30.1. The monoisotopic (exact) mass is 577 g/mol. The molecule has 1 aromatic rings. The van der Waals surface area contributed by atoms with Gasteiger partial charge in [-0.05, 0) is 84.1 Å². The maximum absolute atomic E-state index is 13.4. The Morgan fingerprint density at radius 3 is 2.15 bits per heavy atom. The van der Waals surface area contributed by atoms with Crippen molar-refractivity contribution in [2.45, 2.75) is 114 Å². The fraction of sp³-hybridized carbons (Fsp3) is 0.733. The number of carbonyl (C=O) groups is 2. The van der Waals surface area contributed by atoms with Gasteiger partial charge in [-0.1, -0.05) is 31.1 Å². The molecule has 3 aliphatic rings. The Balaban J connectivity index is 1.67. The molecule has 0 bridgehead atoms. The molecule has 1 aliphatic heterocycles. The highest BCUT2D eigenvalue weighted by atomic mass is 32.2. The van der Waals surface area contributed by atoms with Gasteiger partial charge in [-0.25, -0.2) is 13.2 Å². The number of rotatable bonds is 6. The summed E-state index contributed by atoms with van der Waals surface area (Å²) in [7, 11) is -3.23. The number of aromatic carboxylic acids is 1. The van der Waals surface area contributed by atoms with Crippen molar-refractivity contribution in [3.63, 3.8) is 0 Å². The summed E-state index contributed by atoms with van der Waals surface area (Å²) in [4.78, 5) is 28.4. The summed E-state index contributed by atoms with van der Waals surface area (Å²) in [6.45, 7) is 8.55. The Labute approximate surface area is 237 Å². The van der Waals surface area contributed by atoms with Crippen LogP contribution < -0.4 is 4.90 Å². The number of amides is 1. The minimum absolute atomic E-state index is 0.119. The first-order valence-corrected chi connectivity index (χ1v) is 16.8. The Morgan fingerprint density at radius 2 is 1.62 bits per heavy atom. The first-order chi connectivity index (χ1) is 18.3.